The minimum atomic E-state index is -3.34. The largest absolute Gasteiger partial charge is 0.376 e. The van der Waals surface area contributed by atoms with Gasteiger partial charge < -0.3 is 9.64 Å². The number of anilines is 1. The average molecular weight is 455 g/mol. The Balaban J connectivity index is 1.41. The van der Waals surface area contributed by atoms with E-state index in [0.29, 0.717) is 37.0 Å². The lowest BCUT2D eigenvalue weighted by atomic mass is 9.83. The van der Waals surface area contributed by atoms with Crippen LogP contribution >= 0.6 is 0 Å². The first-order chi connectivity index (χ1) is 15.4. The molecule has 0 amide bonds. The van der Waals surface area contributed by atoms with Gasteiger partial charge in [0.1, 0.15) is 17.6 Å². The van der Waals surface area contributed by atoms with E-state index in [2.05, 4.69) is 44.9 Å². The molecule has 1 aliphatic carbocycles. The lowest BCUT2D eigenvalue weighted by molar-refractivity contribution is 0.0156. The number of nitriles is 1. The Morgan fingerprint density at radius 2 is 1.84 bits per heavy atom. The molecule has 2 fully saturated rings. The number of hydrogen-bond acceptors (Lipinski definition) is 6. The molecule has 0 spiro atoms. The lowest BCUT2D eigenvalue weighted by Gasteiger charge is -2.33. The maximum Gasteiger partial charge on any atom is 0.209 e. The Morgan fingerprint density at radius 1 is 1.09 bits per heavy atom. The van der Waals surface area contributed by atoms with E-state index in [1.165, 1.54) is 11.8 Å². The van der Waals surface area contributed by atoms with Gasteiger partial charge in [-0.1, -0.05) is 36.4 Å². The van der Waals surface area contributed by atoms with Crippen molar-refractivity contribution in [1.82, 2.24) is 9.71 Å². The summed E-state index contributed by atoms with van der Waals surface area (Å²) < 4.78 is 33.0. The highest BCUT2D eigenvalue weighted by Crippen LogP contribution is 2.34. The van der Waals surface area contributed by atoms with E-state index in [1.807, 2.05) is 12.1 Å². The van der Waals surface area contributed by atoms with Crippen LogP contribution in [0, 0.1) is 11.3 Å². The van der Waals surface area contributed by atoms with Gasteiger partial charge in [-0.2, -0.15) is 5.26 Å². The number of nitrogens with zero attached hydrogens (tertiary/aromatic N) is 3. The monoisotopic (exact) mass is 454 g/mol. The maximum absolute atomic E-state index is 11.9. The van der Waals surface area contributed by atoms with Crippen LogP contribution in [0.25, 0.3) is 0 Å². The topological polar surface area (TPSA) is 95.3 Å². The number of pyridine rings is 1. The van der Waals surface area contributed by atoms with Crippen molar-refractivity contribution in [2.75, 3.05) is 24.3 Å². The van der Waals surface area contributed by atoms with E-state index >= 15 is 0 Å². The van der Waals surface area contributed by atoms with Crippen LogP contribution in [-0.4, -0.2) is 51.0 Å². The molecule has 1 aliphatic heterocycles. The van der Waals surface area contributed by atoms with Crippen LogP contribution in [0.5, 0.6) is 0 Å². The fourth-order valence-corrected chi connectivity index (χ4v) is 5.75. The smallest absolute Gasteiger partial charge is 0.209 e. The third-order valence-electron chi connectivity index (χ3n) is 6.50. The molecular weight excluding hydrogens is 424 g/mol. The second kappa shape index (κ2) is 9.99. The average Bonchev–Trinajstić information content (AvgIpc) is 3.19. The zero-order chi connectivity index (χ0) is 22.6. The molecule has 2 heterocycles. The van der Waals surface area contributed by atoms with Gasteiger partial charge in [0.15, 0.2) is 0 Å². The molecule has 0 bridgehead atoms. The van der Waals surface area contributed by atoms with E-state index in [4.69, 9.17) is 4.74 Å². The third kappa shape index (κ3) is 5.66. The van der Waals surface area contributed by atoms with Crippen LogP contribution in [0.1, 0.15) is 49.3 Å². The molecule has 1 N–H and O–H groups in total. The van der Waals surface area contributed by atoms with Crippen molar-refractivity contribution >= 4 is 15.8 Å². The summed E-state index contributed by atoms with van der Waals surface area (Å²) in [6.45, 7) is 1.08. The fourth-order valence-electron chi connectivity index (χ4n) is 4.92. The Kier molecular flexibility index (Phi) is 7.09. The molecule has 0 unspecified atom stereocenters. The maximum atomic E-state index is 11.9. The predicted molar refractivity (Wildman–Crippen MR) is 124 cm³/mol. The van der Waals surface area contributed by atoms with E-state index in [1.54, 1.807) is 12.1 Å². The summed E-state index contributed by atoms with van der Waals surface area (Å²) in [6, 6.07) is 17.6. The van der Waals surface area contributed by atoms with Gasteiger partial charge >= 0.3 is 0 Å². The van der Waals surface area contributed by atoms with E-state index in [-0.39, 0.29) is 18.2 Å². The SMILES string of the molecule is CS(=O)(=O)N[C@H]1CCN(c2cccc(C#N)n2)[C@H]1CO[C@H]1CC[C@@H](c2ccccc2)CC1. The van der Waals surface area contributed by atoms with Crippen LogP contribution in [0.3, 0.4) is 0 Å². The van der Waals surface area contributed by atoms with Gasteiger partial charge in [0.2, 0.25) is 10.0 Å². The molecular formula is C24H30N4O3S. The Bertz CT molecular complexity index is 1050. The zero-order valence-electron chi connectivity index (χ0n) is 18.4. The summed E-state index contributed by atoms with van der Waals surface area (Å²) in [5, 5.41) is 9.21. The van der Waals surface area contributed by atoms with Crippen molar-refractivity contribution in [2.24, 2.45) is 0 Å². The first-order valence-electron chi connectivity index (χ1n) is 11.2. The summed E-state index contributed by atoms with van der Waals surface area (Å²) in [5.74, 6) is 1.26. The first-order valence-corrected chi connectivity index (χ1v) is 13.1. The molecule has 1 aromatic heterocycles. The summed E-state index contributed by atoms with van der Waals surface area (Å²) in [6.07, 6.45) is 6.22. The van der Waals surface area contributed by atoms with Crippen molar-refractivity contribution in [3.63, 3.8) is 0 Å². The number of sulfonamides is 1. The second-order valence-corrected chi connectivity index (χ2v) is 10.5. The van der Waals surface area contributed by atoms with Crippen molar-refractivity contribution in [3.05, 3.63) is 59.8 Å². The summed E-state index contributed by atoms with van der Waals surface area (Å²) in [4.78, 5) is 6.49. The quantitative estimate of drug-likeness (QED) is 0.690. The first kappa shape index (κ1) is 22.7. The standard InChI is InChI=1S/C24H30N4O3S/c1-32(29,30)27-22-14-15-28(24-9-5-8-20(16-25)26-24)23(22)17-31-21-12-10-19(11-13-21)18-6-3-2-4-7-18/h2-9,19,21-23,27H,10-15,17H2,1H3/t19-,21+,22-,23-/m0/s1. The minimum Gasteiger partial charge on any atom is -0.376 e. The second-order valence-electron chi connectivity index (χ2n) is 8.76. The number of ether oxygens (including phenoxy) is 1. The molecule has 2 atom stereocenters. The van der Waals surface area contributed by atoms with Gasteiger partial charge in [-0.15, -0.1) is 0 Å². The third-order valence-corrected chi connectivity index (χ3v) is 7.23. The van der Waals surface area contributed by atoms with Crippen LogP contribution in [-0.2, 0) is 14.8 Å². The summed E-state index contributed by atoms with van der Waals surface area (Å²) >= 11 is 0. The number of benzene rings is 1. The van der Waals surface area contributed by atoms with Crippen LogP contribution in [0.2, 0.25) is 0 Å². The highest BCUT2D eigenvalue weighted by atomic mass is 32.2. The van der Waals surface area contributed by atoms with Gasteiger partial charge in [-0.05, 0) is 55.7 Å². The van der Waals surface area contributed by atoms with E-state index < -0.39 is 10.0 Å². The van der Waals surface area contributed by atoms with Gasteiger partial charge in [0.05, 0.1) is 25.0 Å². The van der Waals surface area contributed by atoms with E-state index in [9.17, 15) is 13.7 Å². The van der Waals surface area contributed by atoms with Gasteiger partial charge in [0, 0.05) is 12.6 Å². The van der Waals surface area contributed by atoms with Gasteiger partial charge in [0.25, 0.3) is 0 Å². The molecule has 1 saturated heterocycles. The van der Waals surface area contributed by atoms with Crippen LogP contribution < -0.4 is 9.62 Å². The summed E-state index contributed by atoms with van der Waals surface area (Å²) in [7, 11) is -3.34. The van der Waals surface area contributed by atoms with Crippen molar-refractivity contribution in [1.29, 1.82) is 5.26 Å². The fraction of sp³-hybridized carbons (Fsp3) is 0.500. The van der Waals surface area contributed by atoms with Gasteiger partial charge in [-0.25, -0.2) is 18.1 Å². The molecule has 32 heavy (non-hydrogen) atoms. The number of hydrogen-bond donors (Lipinski definition) is 1. The number of aromatic nitrogens is 1. The molecule has 2 aliphatic rings. The normalized spacial score (nSPS) is 26.1. The molecule has 1 aromatic carbocycles. The van der Waals surface area contributed by atoms with Crippen molar-refractivity contribution < 1.29 is 13.2 Å². The molecule has 2 aromatic rings. The lowest BCUT2D eigenvalue weighted by Crippen LogP contribution is -2.48. The highest BCUT2D eigenvalue weighted by Gasteiger charge is 2.37. The molecule has 0 radical (unpaired) electrons. The Labute approximate surface area is 190 Å². The number of rotatable bonds is 7. The van der Waals surface area contributed by atoms with Gasteiger partial charge in [-0.3, -0.25) is 0 Å². The Morgan fingerprint density at radius 3 is 2.53 bits per heavy atom. The zero-order valence-corrected chi connectivity index (χ0v) is 19.2. The highest BCUT2D eigenvalue weighted by molar-refractivity contribution is 7.88. The minimum absolute atomic E-state index is 0.169. The predicted octanol–water partition coefficient (Wildman–Crippen LogP) is 3.19. The van der Waals surface area contributed by atoms with Crippen LogP contribution in [0.4, 0.5) is 5.82 Å². The van der Waals surface area contributed by atoms with Crippen LogP contribution in [0.15, 0.2) is 48.5 Å². The molecule has 4 rings (SSSR count). The summed E-state index contributed by atoms with van der Waals surface area (Å²) in [5.41, 5.74) is 1.75. The van der Waals surface area contributed by atoms with E-state index in [0.717, 1.165) is 25.7 Å². The molecule has 170 valence electrons. The molecule has 1 saturated carbocycles. The molecule has 8 heteroatoms. The van der Waals surface area contributed by atoms with Crippen molar-refractivity contribution in [2.45, 2.75) is 56.2 Å². The Hall–Kier alpha value is -2.47. The molecule has 7 nitrogen and oxygen atoms in total. The van der Waals surface area contributed by atoms with Crippen molar-refractivity contribution in [3.8, 4) is 6.07 Å². The number of nitrogens with one attached hydrogen (secondary N) is 1.